The van der Waals surface area contributed by atoms with E-state index < -0.39 is 10.0 Å². The molecule has 0 amide bonds. The van der Waals surface area contributed by atoms with E-state index in [0.717, 1.165) is 18.4 Å². The number of benzene rings is 1. The Morgan fingerprint density at radius 2 is 1.94 bits per heavy atom. The van der Waals surface area contributed by atoms with Gasteiger partial charge >= 0.3 is 0 Å². The van der Waals surface area contributed by atoms with Crippen LogP contribution in [0.2, 0.25) is 0 Å². The summed E-state index contributed by atoms with van der Waals surface area (Å²) in [5.74, 6) is 0. The summed E-state index contributed by atoms with van der Waals surface area (Å²) >= 11 is 5.48. The molecule has 1 heterocycles. The van der Waals surface area contributed by atoms with Crippen LogP contribution in [0.5, 0.6) is 0 Å². The van der Waals surface area contributed by atoms with E-state index in [-0.39, 0.29) is 5.21 Å². The second-order valence-electron chi connectivity index (χ2n) is 3.93. The topological polar surface area (TPSA) is 37.4 Å². The van der Waals surface area contributed by atoms with Crippen LogP contribution in [-0.4, -0.2) is 24.5 Å². The maximum atomic E-state index is 11.7. The number of aryl methyl sites for hydroxylation is 1. The summed E-state index contributed by atoms with van der Waals surface area (Å²) in [5, 5.41) is -0.338. The quantitative estimate of drug-likeness (QED) is 0.762. The van der Waals surface area contributed by atoms with Crippen LogP contribution < -0.4 is 0 Å². The SMILES string of the molecule is O=S(=O)(CCl)N1CCCc2ccccc2C1. The molecule has 0 aromatic heterocycles. The molecule has 0 saturated heterocycles. The standard InChI is InChI=1S/C11H14ClNO2S/c12-9-16(14,15)13-7-3-6-10-4-1-2-5-11(10)8-13/h1-2,4-5H,3,6-9H2. The van der Waals surface area contributed by atoms with E-state index in [9.17, 15) is 8.42 Å². The lowest BCUT2D eigenvalue weighted by Gasteiger charge is -2.18. The van der Waals surface area contributed by atoms with E-state index in [1.165, 1.54) is 9.87 Å². The Labute approximate surface area is 101 Å². The minimum Gasteiger partial charge on any atom is -0.211 e. The molecule has 1 aromatic carbocycles. The van der Waals surface area contributed by atoms with Gasteiger partial charge in [-0.2, -0.15) is 4.31 Å². The average Bonchev–Trinajstić information content (AvgIpc) is 2.51. The Morgan fingerprint density at radius 1 is 1.25 bits per heavy atom. The molecule has 88 valence electrons. The molecule has 1 aliphatic heterocycles. The number of fused-ring (bicyclic) bond motifs is 1. The Kier molecular flexibility index (Phi) is 3.52. The smallest absolute Gasteiger partial charge is 0.211 e. The first-order chi connectivity index (χ1) is 7.63. The molecule has 1 aliphatic rings. The molecule has 0 spiro atoms. The first-order valence-corrected chi connectivity index (χ1v) is 7.38. The lowest BCUT2D eigenvalue weighted by atomic mass is 10.0. The number of sulfonamides is 1. The van der Waals surface area contributed by atoms with Crippen molar-refractivity contribution in [2.24, 2.45) is 0 Å². The number of hydrogen-bond donors (Lipinski definition) is 0. The largest absolute Gasteiger partial charge is 0.228 e. The molecule has 0 fully saturated rings. The molecular formula is C11H14ClNO2S. The Bertz CT molecular complexity index is 473. The highest BCUT2D eigenvalue weighted by molar-refractivity contribution is 7.90. The zero-order valence-electron chi connectivity index (χ0n) is 8.89. The van der Waals surface area contributed by atoms with Crippen molar-refractivity contribution in [1.29, 1.82) is 0 Å². The van der Waals surface area contributed by atoms with Crippen LogP contribution in [-0.2, 0) is 23.0 Å². The summed E-state index contributed by atoms with van der Waals surface area (Å²) in [4.78, 5) is 0. The Hall–Kier alpha value is -0.580. The van der Waals surface area contributed by atoms with Crippen molar-refractivity contribution < 1.29 is 8.42 Å². The van der Waals surface area contributed by atoms with Gasteiger partial charge in [-0.15, -0.1) is 11.6 Å². The highest BCUT2D eigenvalue weighted by Crippen LogP contribution is 2.20. The third-order valence-electron chi connectivity index (χ3n) is 2.85. The van der Waals surface area contributed by atoms with Crippen molar-refractivity contribution >= 4 is 21.6 Å². The minimum absolute atomic E-state index is 0.338. The summed E-state index contributed by atoms with van der Waals surface area (Å²) in [6, 6.07) is 7.98. The van der Waals surface area contributed by atoms with Gasteiger partial charge in [0.15, 0.2) is 0 Å². The third-order valence-corrected chi connectivity index (χ3v) is 5.05. The average molecular weight is 260 g/mol. The molecule has 0 aliphatic carbocycles. The predicted molar refractivity (Wildman–Crippen MR) is 64.8 cm³/mol. The van der Waals surface area contributed by atoms with Gasteiger partial charge in [0.05, 0.1) is 0 Å². The van der Waals surface area contributed by atoms with Gasteiger partial charge in [0.25, 0.3) is 0 Å². The number of halogens is 1. The monoisotopic (exact) mass is 259 g/mol. The molecule has 2 rings (SSSR count). The molecule has 0 bridgehead atoms. The zero-order valence-corrected chi connectivity index (χ0v) is 10.5. The second-order valence-corrected chi connectivity index (χ2v) is 6.48. The summed E-state index contributed by atoms with van der Waals surface area (Å²) in [5.41, 5.74) is 2.34. The number of rotatable bonds is 2. The van der Waals surface area contributed by atoms with Crippen LogP contribution in [0.3, 0.4) is 0 Å². The van der Waals surface area contributed by atoms with Crippen molar-refractivity contribution in [3.05, 3.63) is 35.4 Å². The van der Waals surface area contributed by atoms with Crippen LogP contribution in [0, 0.1) is 0 Å². The molecule has 3 nitrogen and oxygen atoms in total. The van der Waals surface area contributed by atoms with E-state index in [1.807, 2.05) is 18.2 Å². The number of hydrogen-bond acceptors (Lipinski definition) is 2. The number of nitrogens with zero attached hydrogens (tertiary/aromatic N) is 1. The maximum absolute atomic E-state index is 11.7. The molecular weight excluding hydrogens is 246 g/mol. The summed E-state index contributed by atoms with van der Waals surface area (Å²) in [6.45, 7) is 1.01. The summed E-state index contributed by atoms with van der Waals surface area (Å²) in [6.07, 6.45) is 1.79. The molecule has 0 unspecified atom stereocenters. The highest BCUT2D eigenvalue weighted by atomic mass is 35.5. The van der Waals surface area contributed by atoms with E-state index in [2.05, 4.69) is 6.07 Å². The van der Waals surface area contributed by atoms with Gasteiger partial charge in [-0.25, -0.2) is 8.42 Å². The van der Waals surface area contributed by atoms with Crippen LogP contribution in [0.1, 0.15) is 17.5 Å². The van der Waals surface area contributed by atoms with Crippen molar-refractivity contribution in [1.82, 2.24) is 4.31 Å². The highest BCUT2D eigenvalue weighted by Gasteiger charge is 2.23. The lowest BCUT2D eigenvalue weighted by molar-refractivity contribution is 0.413. The Balaban J connectivity index is 2.30. The van der Waals surface area contributed by atoms with Crippen LogP contribution in [0.15, 0.2) is 24.3 Å². The third kappa shape index (κ3) is 2.39. The van der Waals surface area contributed by atoms with Gasteiger partial charge in [-0.1, -0.05) is 24.3 Å². The van der Waals surface area contributed by atoms with Gasteiger partial charge in [0, 0.05) is 13.1 Å². The second kappa shape index (κ2) is 4.73. The Morgan fingerprint density at radius 3 is 2.62 bits per heavy atom. The fourth-order valence-electron chi connectivity index (χ4n) is 1.98. The summed E-state index contributed by atoms with van der Waals surface area (Å²) in [7, 11) is -3.29. The van der Waals surface area contributed by atoms with Gasteiger partial charge < -0.3 is 0 Å². The molecule has 16 heavy (non-hydrogen) atoms. The first kappa shape index (κ1) is 11.9. The molecule has 0 atom stereocenters. The molecule has 0 N–H and O–H groups in total. The predicted octanol–water partition coefficient (Wildman–Crippen LogP) is 1.96. The van der Waals surface area contributed by atoms with E-state index in [0.29, 0.717) is 13.1 Å². The van der Waals surface area contributed by atoms with Crippen LogP contribution in [0.4, 0.5) is 0 Å². The van der Waals surface area contributed by atoms with E-state index in [4.69, 9.17) is 11.6 Å². The van der Waals surface area contributed by atoms with Crippen LogP contribution >= 0.6 is 11.6 Å². The maximum Gasteiger partial charge on any atom is 0.228 e. The van der Waals surface area contributed by atoms with E-state index in [1.54, 1.807) is 0 Å². The van der Waals surface area contributed by atoms with Crippen molar-refractivity contribution in [2.75, 3.05) is 11.8 Å². The van der Waals surface area contributed by atoms with Gasteiger partial charge in [-0.3, -0.25) is 0 Å². The molecule has 0 saturated carbocycles. The summed E-state index contributed by atoms with van der Waals surface area (Å²) < 4.78 is 24.9. The lowest BCUT2D eigenvalue weighted by Crippen LogP contribution is -2.31. The zero-order chi connectivity index (χ0) is 11.6. The minimum atomic E-state index is -3.29. The van der Waals surface area contributed by atoms with Gasteiger partial charge in [0.1, 0.15) is 5.21 Å². The molecule has 0 radical (unpaired) electrons. The van der Waals surface area contributed by atoms with Crippen molar-refractivity contribution in [3.8, 4) is 0 Å². The first-order valence-electron chi connectivity index (χ1n) is 5.24. The molecule has 1 aromatic rings. The number of alkyl halides is 1. The van der Waals surface area contributed by atoms with Gasteiger partial charge in [0.2, 0.25) is 10.0 Å². The fourth-order valence-corrected chi connectivity index (χ4v) is 3.27. The van der Waals surface area contributed by atoms with Crippen molar-refractivity contribution in [2.45, 2.75) is 19.4 Å². The molecule has 5 heteroatoms. The fraction of sp³-hybridized carbons (Fsp3) is 0.455. The van der Waals surface area contributed by atoms with E-state index >= 15 is 0 Å². The van der Waals surface area contributed by atoms with Crippen LogP contribution in [0.25, 0.3) is 0 Å². The normalized spacial score (nSPS) is 17.8. The van der Waals surface area contributed by atoms with Crippen molar-refractivity contribution in [3.63, 3.8) is 0 Å². The van der Waals surface area contributed by atoms with Gasteiger partial charge in [-0.05, 0) is 24.0 Å².